The van der Waals surface area contributed by atoms with Crippen molar-refractivity contribution in [2.24, 2.45) is 0 Å². The van der Waals surface area contributed by atoms with Crippen LogP contribution in [0.25, 0.3) is 0 Å². The number of aromatic nitrogens is 1. The Balaban J connectivity index is 2.12. The lowest BCUT2D eigenvalue weighted by Gasteiger charge is -2.36. The molecule has 3 heterocycles. The van der Waals surface area contributed by atoms with E-state index in [9.17, 15) is 0 Å². The number of rotatable bonds is 1. The van der Waals surface area contributed by atoms with Gasteiger partial charge in [0.05, 0.1) is 5.69 Å². The fraction of sp³-hybridized carbons (Fsp3) is 0.562. The minimum absolute atomic E-state index is 0.611. The molecule has 0 bridgehead atoms. The topological polar surface area (TPSA) is 19.4 Å². The van der Waals surface area contributed by atoms with Crippen LogP contribution < -0.4 is 9.80 Å². The summed E-state index contributed by atoms with van der Waals surface area (Å²) in [5, 5.41) is 0. The van der Waals surface area contributed by atoms with Crippen LogP contribution in [-0.4, -0.2) is 24.1 Å². The molecule has 2 aliphatic rings. The largest absolute Gasteiger partial charge is 0.365 e. The van der Waals surface area contributed by atoms with Gasteiger partial charge >= 0.3 is 0 Å². The Morgan fingerprint density at radius 2 is 2.26 bits per heavy atom. The van der Waals surface area contributed by atoms with Crippen molar-refractivity contribution >= 4 is 11.5 Å². The van der Waals surface area contributed by atoms with E-state index >= 15 is 0 Å². The summed E-state index contributed by atoms with van der Waals surface area (Å²) in [6, 6.07) is 2.90. The van der Waals surface area contributed by atoms with Crippen molar-refractivity contribution in [2.45, 2.75) is 45.6 Å². The molecule has 1 atom stereocenters. The monoisotopic (exact) mass is 257 g/mol. The summed E-state index contributed by atoms with van der Waals surface area (Å²) < 4.78 is 0. The summed E-state index contributed by atoms with van der Waals surface area (Å²) in [4.78, 5) is 9.55. The zero-order valence-electron chi connectivity index (χ0n) is 12.0. The molecule has 0 amide bonds. The molecule has 1 aromatic heterocycles. The van der Waals surface area contributed by atoms with Crippen LogP contribution in [0.3, 0.4) is 0 Å². The van der Waals surface area contributed by atoms with Crippen molar-refractivity contribution < 1.29 is 0 Å². The van der Waals surface area contributed by atoms with Crippen molar-refractivity contribution in [3.05, 3.63) is 30.1 Å². The summed E-state index contributed by atoms with van der Waals surface area (Å²) in [7, 11) is 0. The van der Waals surface area contributed by atoms with Crippen molar-refractivity contribution in [3.63, 3.8) is 0 Å². The van der Waals surface area contributed by atoms with Crippen molar-refractivity contribution in [2.75, 3.05) is 22.9 Å². The highest BCUT2D eigenvalue weighted by atomic mass is 15.3. The highest BCUT2D eigenvalue weighted by molar-refractivity contribution is 5.72. The molecule has 1 fully saturated rings. The van der Waals surface area contributed by atoms with Gasteiger partial charge in [-0.25, -0.2) is 4.98 Å². The quantitative estimate of drug-likeness (QED) is 0.767. The highest BCUT2D eigenvalue weighted by Crippen LogP contribution is 2.39. The molecular weight excluding hydrogens is 234 g/mol. The fourth-order valence-corrected chi connectivity index (χ4v) is 3.40. The molecule has 3 rings (SSSR count). The first-order valence-corrected chi connectivity index (χ1v) is 7.39. The number of hydrogen-bond acceptors (Lipinski definition) is 3. The maximum Gasteiger partial charge on any atom is 0.156 e. The average molecular weight is 257 g/mol. The Hall–Kier alpha value is -1.51. The van der Waals surface area contributed by atoms with Gasteiger partial charge in [-0.3, -0.25) is 0 Å². The summed E-state index contributed by atoms with van der Waals surface area (Å²) >= 11 is 0. The molecule has 1 unspecified atom stereocenters. The first-order chi connectivity index (χ1) is 9.20. The number of anilines is 2. The Kier molecular flexibility index (Phi) is 3.21. The van der Waals surface area contributed by atoms with Crippen molar-refractivity contribution in [3.8, 4) is 0 Å². The van der Waals surface area contributed by atoms with Gasteiger partial charge in [0.2, 0.25) is 0 Å². The highest BCUT2D eigenvalue weighted by Gasteiger charge is 2.31. The second kappa shape index (κ2) is 4.87. The number of hydrogen-bond donors (Lipinski definition) is 0. The first-order valence-electron chi connectivity index (χ1n) is 7.39. The van der Waals surface area contributed by atoms with E-state index in [0.717, 1.165) is 25.3 Å². The molecule has 0 spiro atoms. The molecular formula is C16H23N3. The van der Waals surface area contributed by atoms with E-state index in [1.807, 2.05) is 6.20 Å². The molecule has 0 N–H and O–H groups in total. The van der Waals surface area contributed by atoms with Crippen LogP contribution in [0.1, 0.15) is 38.2 Å². The standard InChI is InChI=1S/C16H23N3/c1-4-18-13(3)10-14-7-5-6-8-19(14)15-9-12(2)11-17-16(15)18/h9,11,14H,3-8,10H2,1-2H3. The summed E-state index contributed by atoms with van der Waals surface area (Å²) in [6.45, 7) is 10.7. The Bertz CT molecular complexity index is 495. The number of nitrogens with zero attached hydrogens (tertiary/aromatic N) is 3. The predicted molar refractivity (Wildman–Crippen MR) is 80.7 cm³/mol. The van der Waals surface area contributed by atoms with Gasteiger partial charge in [-0.1, -0.05) is 6.58 Å². The van der Waals surface area contributed by atoms with Gasteiger partial charge in [0.25, 0.3) is 0 Å². The molecule has 2 aliphatic heterocycles. The molecule has 102 valence electrons. The van der Waals surface area contributed by atoms with Gasteiger partial charge in [0, 0.05) is 37.4 Å². The lowest BCUT2D eigenvalue weighted by atomic mass is 9.98. The SMILES string of the molecule is C=C1CC2CCCCN2c2cc(C)cnc2N1CC. The summed E-state index contributed by atoms with van der Waals surface area (Å²) in [5.41, 5.74) is 3.77. The Labute approximate surface area is 115 Å². The van der Waals surface area contributed by atoms with Crippen LogP contribution in [0, 0.1) is 6.92 Å². The van der Waals surface area contributed by atoms with Gasteiger partial charge < -0.3 is 9.80 Å². The summed E-state index contributed by atoms with van der Waals surface area (Å²) in [5.74, 6) is 1.10. The van der Waals surface area contributed by atoms with Gasteiger partial charge in [-0.05, 0) is 44.7 Å². The van der Waals surface area contributed by atoms with Gasteiger partial charge in [-0.15, -0.1) is 0 Å². The number of fused-ring (bicyclic) bond motifs is 3. The molecule has 19 heavy (non-hydrogen) atoms. The van der Waals surface area contributed by atoms with Crippen LogP contribution in [0.2, 0.25) is 0 Å². The maximum absolute atomic E-state index is 4.70. The maximum atomic E-state index is 4.70. The minimum Gasteiger partial charge on any atom is -0.365 e. The molecule has 0 aliphatic carbocycles. The smallest absolute Gasteiger partial charge is 0.156 e. The normalized spacial score (nSPS) is 22.8. The van der Waals surface area contributed by atoms with E-state index in [-0.39, 0.29) is 0 Å². The number of pyridine rings is 1. The van der Waals surface area contributed by atoms with E-state index in [1.165, 1.54) is 36.2 Å². The van der Waals surface area contributed by atoms with E-state index in [1.54, 1.807) is 0 Å². The van der Waals surface area contributed by atoms with Crippen LogP contribution in [0.5, 0.6) is 0 Å². The molecule has 3 heteroatoms. The second-order valence-electron chi connectivity index (χ2n) is 5.71. The number of piperidine rings is 1. The van der Waals surface area contributed by atoms with E-state index in [4.69, 9.17) is 4.98 Å². The van der Waals surface area contributed by atoms with Crippen LogP contribution in [0.4, 0.5) is 11.5 Å². The van der Waals surface area contributed by atoms with Crippen molar-refractivity contribution in [1.29, 1.82) is 0 Å². The molecule has 3 nitrogen and oxygen atoms in total. The zero-order chi connectivity index (χ0) is 13.4. The second-order valence-corrected chi connectivity index (χ2v) is 5.71. The molecule has 0 saturated carbocycles. The summed E-state index contributed by atoms with van der Waals surface area (Å²) in [6.07, 6.45) is 6.96. The Morgan fingerprint density at radius 1 is 1.42 bits per heavy atom. The third-order valence-corrected chi connectivity index (χ3v) is 4.35. The third kappa shape index (κ3) is 2.11. The van der Waals surface area contributed by atoms with E-state index in [0.29, 0.717) is 6.04 Å². The lowest BCUT2D eigenvalue weighted by Crippen LogP contribution is -2.39. The minimum atomic E-state index is 0.611. The Morgan fingerprint density at radius 3 is 3.05 bits per heavy atom. The average Bonchev–Trinajstić information content (AvgIpc) is 2.52. The lowest BCUT2D eigenvalue weighted by molar-refractivity contribution is 0.459. The predicted octanol–water partition coefficient (Wildman–Crippen LogP) is 3.49. The molecule has 0 aromatic carbocycles. The van der Waals surface area contributed by atoms with Crippen LogP contribution in [-0.2, 0) is 0 Å². The molecule has 1 saturated heterocycles. The van der Waals surface area contributed by atoms with Crippen molar-refractivity contribution in [1.82, 2.24) is 4.98 Å². The van der Waals surface area contributed by atoms with Crippen LogP contribution in [0.15, 0.2) is 24.5 Å². The van der Waals surface area contributed by atoms with Gasteiger partial charge in [0.15, 0.2) is 5.82 Å². The third-order valence-electron chi connectivity index (χ3n) is 4.35. The zero-order valence-corrected chi connectivity index (χ0v) is 12.0. The van der Waals surface area contributed by atoms with E-state index < -0.39 is 0 Å². The van der Waals surface area contributed by atoms with E-state index in [2.05, 4.69) is 36.3 Å². The van der Waals surface area contributed by atoms with Gasteiger partial charge in [0.1, 0.15) is 0 Å². The van der Waals surface area contributed by atoms with Gasteiger partial charge in [-0.2, -0.15) is 0 Å². The molecule has 0 radical (unpaired) electrons. The fourth-order valence-electron chi connectivity index (χ4n) is 3.40. The first kappa shape index (κ1) is 12.5. The molecule has 1 aromatic rings. The van der Waals surface area contributed by atoms with Crippen LogP contribution >= 0.6 is 0 Å². The number of aryl methyl sites for hydroxylation is 1.